The molecular weight excluding hydrogens is 200 g/mol. The van der Waals surface area contributed by atoms with Crippen molar-refractivity contribution in [2.45, 2.75) is 41.5 Å². The van der Waals surface area contributed by atoms with Gasteiger partial charge in [-0.3, -0.25) is 0 Å². The van der Waals surface area contributed by atoms with Crippen molar-refractivity contribution in [3.8, 4) is 0 Å². The molecule has 0 fully saturated rings. The van der Waals surface area contributed by atoms with Gasteiger partial charge in [-0.25, -0.2) is 0 Å². The van der Waals surface area contributed by atoms with E-state index in [4.69, 9.17) is 11.6 Å². The second-order valence-electron chi connectivity index (χ2n) is 5.35. The van der Waals surface area contributed by atoms with Crippen LogP contribution in [0.5, 0.6) is 0 Å². The fourth-order valence-corrected chi connectivity index (χ4v) is 2.68. The van der Waals surface area contributed by atoms with Crippen LogP contribution in [-0.4, -0.2) is 6.26 Å². The SMILES string of the molecule is CSC(=C(Cl)C(C)(C)C)C(C)(C)C. The molecule has 0 radical (unpaired) electrons. The van der Waals surface area contributed by atoms with E-state index in [9.17, 15) is 0 Å². The van der Waals surface area contributed by atoms with Gasteiger partial charge in [0.1, 0.15) is 0 Å². The third kappa shape index (κ3) is 3.95. The van der Waals surface area contributed by atoms with E-state index < -0.39 is 0 Å². The molecule has 0 rings (SSSR count). The molecule has 0 aliphatic carbocycles. The Labute approximate surface area is 92.1 Å². The molecule has 0 nitrogen and oxygen atoms in total. The number of rotatable bonds is 1. The summed E-state index contributed by atoms with van der Waals surface area (Å²) in [5, 5.41) is 0.993. The first-order valence-electron chi connectivity index (χ1n) is 4.55. The van der Waals surface area contributed by atoms with E-state index in [-0.39, 0.29) is 10.8 Å². The monoisotopic (exact) mass is 220 g/mol. The Kier molecular flexibility index (Phi) is 4.39. The zero-order valence-electron chi connectivity index (χ0n) is 9.79. The Bertz CT molecular complexity index is 203. The summed E-state index contributed by atoms with van der Waals surface area (Å²) in [5.74, 6) is 0. The first kappa shape index (κ1) is 13.4. The highest BCUT2D eigenvalue weighted by Crippen LogP contribution is 2.43. The molecule has 0 saturated carbocycles. The van der Waals surface area contributed by atoms with Crippen molar-refractivity contribution < 1.29 is 0 Å². The molecule has 2 heteroatoms. The number of hydrogen-bond donors (Lipinski definition) is 0. The van der Waals surface area contributed by atoms with Gasteiger partial charge in [-0.05, 0) is 17.1 Å². The molecule has 0 atom stereocenters. The largest absolute Gasteiger partial charge is 0.132 e. The van der Waals surface area contributed by atoms with Crippen LogP contribution in [0.1, 0.15) is 41.5 Å². The van der Waals surface area contributed by atoms with Gasteiger partial charge in [0.25, 0.3) is 0 Å². The van der Waals surface area contributed by atoms with Gasteiger partial charge in [0.05, 0.1) is 0 Å². The highest BCUT2D eigenvalue weighted by Gasteiger charge is 2.26. The summed E-state index contributed by atoms with van der Waals surface area (Å²) in [6, 6.07) is 0. The van der Waals surface area contributed by atoms with Gasteiger partial charge >= 0.3 is 0 Å². The quantitative estimate of drug-likeness (QED) is 0.606. The molecule has 13 heavy (non-hydrogen) atoms. The average molecular weight is 221 g/mol. The molecule has 0 unspecified atom stereocenters. The Hall–Kier alpha value is 0.380. The predicted molar refractivity (Wildman–Crippen MR) is 65.3 cm³/mol. The molecule has 0 N–H and O–H groups in total. The molecule has 0 amide bonds. The maximum absolute atomic E-state index is 6.37. The lowest BCUT2D eigenvalue weighted by molar-refractivity contribution is 0.485. The molecule has 0 aromatic rings. The van der Waals surface area contributed by atoms with Crippen molar-refractivity contribution >= 4 is 23.4 Å². The third-order valence-electron chi connectivity index (χ3n) is 1.74. The molecule has 78 valence electrons. The summed E-state index contributed by atoms with van der Waals surface area (Å²) >= 11 is 8.13. The highest BCUT2D eigenvalue weighted by atomic mass is 35.5. The minimum absolute atomic E-state index is 0.0627. The van der Waals surface area contributed by atoms with E-state index >= 15 is 0 Å². The number of halogens is 1. The van der Waals surface area contributed by atoms with Crippen LogP contribution in [0.2, 0.25) is 0 Å². The second kappa shape index (κ2) is 4.27. The first-order valence-corrected chi connectivity index (χ1v) is 6.15. The maximum atomic E-state index is 6.37. The molecule has 0 saturated heterocycles. The summed E-state index contributed by atoms with van der Waals surface area (Å²) in [6.45, 7) is 13.1. The lowest BCUT2D eigenvalue weighted by Gasteiger charge is -2.28. The van der Waals surface area contributed by atoms with E-state index in [0.717, 1.165) is 5.03 Å². The standard InChI is InChI=1S/C11H21ClS/c1-10(2,3)8(12)9(13-7)11(4,5)6/h1-7H3. The van der Waals surface area contributed by atoms with Gasteiger partial charge in [0, 0.05) is 9.94 Å². The van der Waals surface area contributed by atoms with E-state index in [1.54, 1.807) is 11.8 Å². The topological polar surface area (TPSA) is 0 Å². The van der Waals surface area contributed by atoms with Gasteiger partial charge in [0.15, 0.2) is 0 Å². The first-order chi connectivity index (χ1) is 5.60. The van der Waals surface area contributed by atoms with Crippen LogP contribution in [0, 0.1) is 10.8 Å². The van der Waals surface area contributed by atoms with Crippen LogP contribution in [0.3, 0.4) is 0 Å². The molecule has 0 aliphatic rings. The van der Waals surface area contributed by atoms with Crippen molar-refractivity contribution in [1.82, 2.24) is 0 Å². The van der Waals surface area contributed by atoms with Crippen LogP contribution < -0.4 is 0 Å². The van der Waals surface area contributed by atoms with Crippen molar-refractivity contribution in [2.24, 2.45) is 10.8 Å². The Morgan fingerprint density at radius 2 is 1.31 bits per heavy atom. The maximum Gasteiger partial charge on any atom is 0.0334 e. The van der Waals surface area contributed by atoms with Crippen molar-refractivity contribution in [1.29, 1.82) is 0 Å². The van der Waals surface area contributed by atoms with Crippen LogP contribution in [-0.2, 0) is 0 Å². The number of thioether (sulfide) groups is 1. The van der Waals surface area contributed by atoms with Gasteiger partial charge in [0.2, 0.25) is 0 Å². The molecule has 0 spiro atoms. The average Bonchev–Trinajstić information content (AvgIpc) is 1.83. The van der Waals surface area contributed by atoms with Gasteiger partial charge < -0.3 is 0 Å². The number of hydrogen-bond acceptors (Lipinski definition) is 1. The molecule has 0 aromatic carbocycles. The zero-order chi connectivity index (χ0) is 10.9. The van der Waals surface area contributed by atoms with Crippen LogP contribution in [0.15, 0.2) is 9.94 Å². The van der Waals surface area contributed by atoms with E-state index in [0.29, 0.717) is 0 Å². The summed E-state index contributed by atoms with van der Waals surface area (Å²) in [5.41, 5.74) is 0.219. The Balaban J connectivity index is 5.16. The van der Waals surface area contributed by atoms with Gasteiger partial charge in [-0.15, -0.1) is 11.8 Å². The van der Waals surface area contributed by atoms with Crippen molar-refractivity contribution in [3.63, 3.8) is 0 Å². The van der Waals surface area contributed by atoms with E-state index in [1.165, 1.54) is 4.91 Å². The third-order valence-corrected chi connectivity index (χ3v) is 3.84. The van der Waals surface area contributed by atoms with Gasteiger partial charge in [-0.1, -0.05) is 53.1 Å². The lowest BCUT2D eigenvalue weighted by atomic mass is 9.88. The Morgan fingerprint density at radius 1 is 0.923 bits per heavy atom. The summed E-state index contributed by atoms with van der Waals surface area (Å²) in [7, 11) is 0. The fourth-order valence-electron chi connectivity index (χ4n) is 1.07. The second-order valence-corrected chi connectivity index (χ2v) is 6.54. The van der Waals surface area contributed by atoms with Crippen molar-refractivity contribution in [3.05, 3.63) is 9.94 Å². The Morgan fingerprint density at radius 3 is 1.38 bits per heavy atom. The predicted octanol–water partition coefficient (Wildman–Crippen LogP) is 4.89. The molecule has 0 aromatic heterocycles. The minimum atomic E-state index is 0.0627. The van der Waals surface area contributed by atoms with Gasteiger partial charge in [-0.2, -0.15) is 0 Å². The minimum Gasteiger partial charge on any atom is -0.132 e. The lowest BCUT2D eigenvalue weighted by Crippen LogP contribution is -2.14. The van der Waals surface area contributed by atoms with E-state index in [1.807, 2.05) is 0 Å². The van der Waals surface area contributed by atoms with Crippen LogP contribution in [0.25, 0.3) is 0 Å². The van der Waals surface area contributed by atoms with Crippen LogP contribution >= 0.6 is 23.4 Å². The van der Waals surface area contributed by atoms with Crippen molar-refractivity contribution in [2.75, 3.05) is 6.26 Å². The normalized spacial score (nSPS) is 15.7. The molecule has 0 aliphatic heterocycles. The van der Waals surface area contributed by atoms with E-state index in [2.05, 4.69) is 47.8 Å². The smallest absolute Gasteiger partial charge is 0.0334 e. The van der Waals surface area contributed by atoms with Crippen LogP contribution in [0.4, 0.5) is 0 Å². The molecular formula is C11H21ClS. The molecule has 0 bridgehead atoms. The summed E-state index contributed by atoms with van der Waals surface area (Å²) in [4.78, 5) is 1.29. The highest BCUT2D eigenvalue weighted by molar-refractivity contribution is 8.02. The summed E-state index contributed by atoms with van der Waals surface area (Å²) in [6.07, 6.45) is 2.09. The molecule has 0 heterocycles. The summed E-state index contributed by atoms with van der Waals surface area (Å²) < 4.78 is 0. The fraction of sp³-hybridized carbons (Fsp3) is 0.818. The number of allylic oxidation sites excluding steroid dienone is 2. The zero-order valence-corrected chi connectivity index (χ0v) is 11.4.